The maximum atomic E-state index is 12.9. The van der Waals surface area contributed by atoms with Crippen LogP contribution in [0.2, 0.25) is 0 Å². The number of morpholine rings is 1. The summed E-state index contributed by atoms with van der Waals surface area (Å²) in [5.41, 5.74) is -0.510. The summed E-state index contributed by atoms with van der Waals surface area (Å²) in [5.74, 6) is -0.239. The zero-order valence-electron chi connectivity index (χ0n) is 18.1. The summed E-state index contributed by atoms with van der Waals surface area (Å²) >= 11 is 1.04. The number of nitrogens with one attached hydrogen (secondary N) is 1. The summed E-state index contributed by atoms with van der Waals surface area (Å²) in [4.78, 5) is 12.4. The van der Waals surface area contributed by atoms with Crippen molar-refractivity contribution in [1.82, 2.24) is 19.8 Å². The number of amides is 1. The molecule has 0 saturated carbocycles. The molecule has 0 spiro atoms. The summed E-state index contributed by atoms with van der Waals surface area (Å²) in [6.07, 6.45) is 0. The summed E-state index contributed by atoms with van der Waals surface area (Å²) in [6, 6.07) is 8.41. The molecule has 2 aromatic rings. The molecular weight excluding hydrogens is 454 g/mol. The smallest absolute Gasteiger partial charge is 0.277 e. The van der Waals surface area contributed by atoms with Crippen LogP contribution in [0.1, 0.15) is 20.8 Å². The lowest BCUT2D eigenvalue weighted by molar-refractivity contribution is -0.120. The summed E-state index contributed by atoms with van der Waals surface area (Å²) in [5, 5.41) is 20.1. The van der Waals surface area contributed by atoms with Crippen LogP contribution in [0.15, 0.2) is 38.8 Å². The zero-order valence-corrected chi connectivity index (χ0v) is 19.7. The molecule has 1 fully saturated rings. The van der Waals surface area contributed by atoms with E-state index in [1.807, 2.05) is 13.8 Å². The number of hydrogen-bond donors (Lipinski definition) is 1. The van der Waals surface area contributed by atoms with Gasteiger partial charge in [-0.15, -0.1) is 10.2 Å². The van der Waals surface area contributed by atoms with Crippen LogP contribution in [0.5, 0.6) is 0 Å². The van der Waals surface area contributed by atoms with Gasteiger partial charge in [0.1, 0.15) is 5.54 Å². The minimum Gasteiger partial charge on any atom is -0.411 e. The molecule has 3 rings (SSSR count). The van der Waals surface area contributed by atoms with E-state index in [0.29, 0.717) is 31.9 Å². The fourth-order valence-electron chi connectivity index (χ4n) is 2.86. The second-order valence-electron chi connectivity index (χ2n) is 7.72. The molecule has 172 valence electrons. The van der Waals surface area contributed by atoms with Gasteiger partial charge in [0.05, 0.1) is 29.9 Å². The normalized spacial score (nSPS) is 17.0. The van der Waals surface area contributed by atoms with Gasteiger partial charge in [-0.05, 0) is 31.0 Å². The maximum absolute atomic E-state index is 12.9. The number of carbonyl (C=O) groups is 1. The minimum atomic E-state index is -3.66. The second-order valence-corrected chi connectivity index (χ2v) is 10.6. The molecule has 1 aliphatic heterocycles. The number of aromatic nitrogens is 2. The first-order valence-electron chi connectivity index (χ1n) is 10.0. The van der Waals surface area contributed by atoms with E-state index in [1.54, 1.807) is 19.1 Å². The Labute approximate surface area is 191 Å². The number of hydrogen-bond acceptors (Lipinski definition) is 9. The molecule has 10 nitrogen and oxygen atoms in total. The first-order chi connectivity index (χ1) is 15.2. The van der Waals surface area contributed by atoms with Crippen LogP contribution in [0, 0.1) is 17.2 Å². The average Bonchev–Trinajstić information content (AvgIpc) is 3.27. The third-order valence-corrected chi connectivity index (χ3v) is 7.92. The Morgan fingerprint density at radius 3 is 2.72 bits per heavy atom. The van der Waals surface area contributed by atoms with Crippen molar-refractivity contribution in [3.8, 4) is 17.5 Å². The van der Waals surface area contributed by atoms with E-state index < -0.39 is 15.6 Å². The predicted octanol–water partition coefficient (Wildman–Crippen LogP) is 1.90. The molecule has 12 heteroatoms. The summed E-state index contributed by atoms with van der Waals surface area (Å²) in [6.45, 7) is 6.71. The highest BCUT2D eigenvalue weighted by molar-refractivity contribution is 7.99. The molecular formula is C20H25N5O5S2. The highest BCUT2D eigenvalue weighted by Gasteiger charge is 2.30. The molecule has 2 heterocycles. The molecule has 32 heavy (non-hydrogen) atoms. The number of nitrogens with zero attached hydrogens (tertiary/aromatic N) is 4. The van der Waals surface area contributed by atoms with Crippen LogP contribution in [-0.2, 0) is 19.6 Å². The van der Waals surface area contributed by atoms with Crippen LogP contribution in [0.25, 0.3) is 11.5 Å². The van der Waals surface area contributed by atoms with Crippen molar-refractivity contribution in [3.63, 3.8) is 0 Å². The van der Waals surface area contributed by atoms with E-state index in [0.717, 1.165) is 11.8 Å². The van der Waals surface area contributed by atoms with Crippen molar-refractivity contribution in [2.24, 2.45) is 5.92 Å². The zero-order chi connectivity index (χ0) is 23.4. The lowest BCUT2D eigenvalue weighted by Gasteiger charge is -2.27. The van der Waals surface area contributed by atoms with Crippen molar-refractivity contribution in [2.75, 3.05) is 32.1 Å². The van der Waals surface area contributed by atoms with Gasteiger partial charge in [-0.3, -0.25) is 4.79 Å². The quantitative estimate of drug-likeness (QED) is 0.562. The van der Waals surface area contributed by atoms with Crippen molar-refractivity contribution in [1.29, 1.82) is 5.26 Å². The molecule has 1 aliphatic rings. The van der Waals surface area contributed by atoms with Gasteiger partial charge in [-0.1, -0.05) is 31.7 Å². The van der Waals surface area contributed by atoms with Gasteiger partial charge < -0.3 is 14.5 Å². The molecule has 1 unspecified atom stereocenters. The molecule has 1 aromatic carbocycles. The van der Waals surface area contributed by atoms with E-state index in [9.17, 15) is 18.5 Å². The summed E-state index contributed by atoms with van der Waals surface area (Å²) < 4.78 is 38.0. The number of nitriles is 1. The fourth-order valence-corrected chi connectivity index (χ4v) is 4.88. The molecule has 0 radical (unpaired) electrons. The number of benzene rings is 1. The molecule has 1 saturated heterocycles. The van der Waals surface area contributed by atoms with Gasteiger partial charge in [0.15, 0.2) is 0 Å². The predicted molar refractivity (Wildman–Crippen MR) is 117 cm³/mol. The van der Waals surface area contributed by atoms with Gasteiger partial charge in [-0.25, -0.2) is 8.42 Å². The van der Waals surface area contributed by atoms with Gasteiger partial charge >= 0.3 is 0 Å². The number of rotatable bonds is 8. The number of carbonyl (C=O) groups excluding carboxylic acids is 1. The van der Waals surface area contributed by atoms with Crippen LogP contribution >= 0.6 is 11.8 Å². The van der Waals surface area contributed by atoms with Gasteiger partial charge in [0.2, 0.25) is 21.8 Å². The van der Waals surface area contributed by atoms with E-state index in [1.165, 1.54) is 16.4 Å². The van der Waals surface area contributed by atoms with E-state index >= 15 is 0 Å². The van der Waals surface area contributed by atoms with Crippen molar-refractivity contribution in [2.45, 2.75) is 36.4 Å². The number of sulfonamides is 1. The Hall–Kier alpha value is -2.46. The summed E-state index contributed by atoms with van der Waals surface area (Å²) in [7, 11) is -3.66. The molecule has 1 aromatic heterocycles. The monoisotopic (exact) mass is 479 g/mol. The van der Waals surface area contributed by atoms with Crippen molar-refractivity contribution < 1.29 is 22.4 Å². The van der Waals surface area contributed by atoms with Crippen molar-refractivity contribution in [3.05, 3.63) is 24.3 Å². The van der Waals surface area contributed by atoms with E-state index in [2.05, 4.69) is 21.6 Å². The lowest BCUT2D eigenvalue weighted by atomic mass is 9.90. The Bertz CT molecular complexity index is 1110. The molecule has 1 N–H and O–H groups in total. The SMILES string of the molecule is CC(C)C(C)(C#N)NC(=O)CSc1nnc(-c2cccc(S(=O)(=O)N3CCOCC3)c2)o1. The molecule has 1 atom stereocenters. The van der Waals surface area contributed by atoms with E-state index in [4.69, 9.17) is 9.15 Å². The third kappa shape index (κ3) is 5.47. The van der Waals surface area contributed by atoms with Crippen LogP contribution in [-0.4, -0.2) is 66.4 Å². The molecule has 0 aliphatic carbocycles. The Balaban J connectivity index is 1.68. The number of ether oxygens (including phenoxy) is 1. The van der Waals surface area contributed by atoms with Crippen LogP contribution in [0.4, 0.5) is 0 Å². The number of thioether (sulfide) groups is 1. The van der Waals surface area contributed by atoms with E-state index in [-0.39, 0.29) is 33.6 Å². The maximum Gasteiger partial charge on any atom is 0.277 e. The highest BCUT2D eigenvalue weighted by atomic mass is 32.2. The Morgan fingerprint density at radius 2 is 2.06 bits per heavy atom. The largest absolute Gasteiger partial charge is 0.411 e. The first kappa shape index (κ1) is 24.2. The first-order valence-corrected chi connectivity index (χ1v) is 12.4. The van der Waals surface area contributed by atoms with Gasteiger partial charge in [0, 0.05) is 18.7 Å². The van der Waals surface area contributed by atoms with Crippen LogP contribution < -0.4 is 5.32 Å². The standard InChI is InChI=1S/C20H25N5O5S2/c1-14(2)20(3,13-21)22-17(26)12-31-19-24-23-18(30-19)15-5-4-6-16(11-15)32(27,28)25-7-9-29-10-8-25/h4-6,11,14H,7-10,12H2,1-3H3,(H,22,26). The third-order valence-electron chi connectivity index (χ3n) is 5.21. The topological polar surface area (TPSA) is 138 Å². The van der Waals surface area contributed by atoms with Gasteiger partial charge in [-0.2, -0.15) is 9.57 Å². The molecule has 1 amide bonds. The van der Waals surface area contributed by atoms with Crippen LogP contribution in [0.3, 0.4) is 0 Å². The highest BCUT2D eigenvalue weighted by Crippen LogP contribution is 2.26. The fraction of sp³-hybridized carbons (Fsp3) is 0.500. The average molecular weight is 480 g/mol. The Morgan fingerprint density at radius 1 is 1.34 bits per heavy atom. The Kier molecular flexibility index (Phi) is 7.55. The second kappa shape index (κ2) is 9.99. The van der Waals surface area contributed by atoms with Gasteiger partial charge in [0.25, 0.3) is 5.22 Å². The van der Waals surface area contributed by atoms with Crippen molar-refractivity contribution >= 4 is 27.7 Å². The molecule has 0 bridgehead atoms. The lowest BCUT2D eigenvalue weighted by Crippen LogP contribution is -2.49. The minimum absolute atomic E-state index is 0.00290.